The van der Waals surface area contributed by atoms with Crippen LogP contribution >= 0.6 is 22.4 Å². The average Bonchev–Trinajstić information content (AvgIpc) is 2.49. The molecular formula is C5H6ClNO4S2. The van der Waals surface area contributed by atoms with Gasteiger partial charge in [-0.15, -0.1) is 0 Å². The Labute approximate surface area is 84.2 Å². The van der Waals surface area contributed by atoms with Gasteiger partial charge in [0, 0.05) is 16.9 Å². The SMILES string of the molecule is COC(=O)C1SC=CN1S(=O)(=O)Cl. The topological polar surface area (TPSA) is 63.7 Å². The summed E-state index contributed by atoms with van der Waals surface area (Å²) in [5, 5.41) is 0.522. The van der Waals surface area contributed by atoms with Crippen molar-refractivity contribution in [1.29, 1.82) is 0 Å². The first kappa shape index (κ1) is 10.7. The summed E-state index contributed by atoms with van der Waals surface area (Å²) >= 11 is 1.02. The molecule has 0 saturated heterocycles. The van der Waals surface area contributed by atoms with E-state index in [1.54, 1.807) is 0 Å². The molecule has 1 atom stereocenters. The normalized spacial score (nSPS) is 22.0. The molecule has 74 valence electrons. The van der Waals surface area contributed by atoms with Gasteiger partial charge in [0.25, 0.3) is 0 Å². The Kier molecular flexibility index (Phi) is 3.09. The highest BCUT2D eigenvalue weighted by Gasteiger charge is 2.35. The molecule has 0 bridgehead atoms. The minimum Gasteiger partial charge on any atom is -0.467 e. The number of carbonyl (C=O) groups excluding carboxylic acids is 1. The first-order chi connectivity index (χ1) is 5.96. The summed E-state index contributed by atoms with van der Waals surface area (Å²) in [6, 6.07) is 0. The van der Waals surface area contributed by atoms with E-state index in [0.717, 1.165) is 16.1 Å². The highest BCUT2D eigenvalue weighted by Crippen LogP contribution is 2.29. The molecule has 0 aromatic carbocycles. The molecule has 0 aromatic heterocycles. The maximum Gasteiger partial charge on any atom is 0.340 e. The van der Waals surface area contributed by atoms with E-state index in [0.29, 0.717) is 0 Å². The van der Waals surface area contributed by atoms with Crippen molar-refractivity contribution < 1.29 is 17.9 Å². The third-order valence-corrected chi connectivity index (χ3v) is 3.70. The van der Waals surface area contributed by atoms with E-state index in [2.05, 4.69) is 4.74 Å². The van der Waals surface area contributed by atoms with E-state index in [-0.39, 0.29) is 0 Å². The van der Waals surface area contributed by atoms with Crippen molar-refractivity contribution in [1.82, 2.24) is 4.31 Å². The van der Waals surface area contributed by atoms with Gasteiger partial charge in [0.2, 0.25) is 0 Å². The Morgan fingerprint density at radius 3 is 2.77 bits per heavy atom. The second-order valence-corrected chi connectivity index (χ2v) is 5.48. The molecule has 1 rings (SSSR count). The summed E-state index contributed by atoms with van der Waals surface area (Å²) in [6.07, 6.45) is 1.22. The molecule has 1 aliphatic heterocycles. The molecule has 8 heteroatoms. The first-order valence-electron chi connectivity index (χ1n) is 3.10. The van der Waals surface area contributed by atoms with Crippen molar-refractivity contribution in [2.75, 3.05) is 7.11 Å². The third kappa shape index (κ3) is 2.29. The van der Waals surface area contributed by atoms with Gasteiger partial charge in [0.1, 0.15) is 0 Å². The number of hydrogen-bond donors (Lipinski definition) is 0. The monoisotopic (exact) mass is 243 g/mol. The van der Waals surface area contributed by atoms with E-state index >= 15 is 0 Å². The summed E-state index contributed by atoms with van der Waals surface area (Å²) < 4.78 is 26.9. The third-order valence-electron chi connectivity index (χ3n) is 1.30. The Morgan fingerprint density at radius 1 is 1.69 bits per heavy atom. The molecule has 13 heavy (non-hydrogen) atoms. The lowest BCUT2D eigenvalue weighted by molar-refractivity contribution is -0.141. The van der Waals surface area contributed by atoms with Gasteiger partial charge in [0.15, 0.2) is 5.37 Å². The molecule has 5 nitrogen and oxygen atoms in total. The van der Waals surface area contributed by atoms with Gasteiger partial charge >= 0.3 is 15.2 Å². The molecule has 0 N–H and O–H groups in total. The number of carbonyl (C=O) groups is 1. The Hall–Kier alpha value is -0.400. The molecule has 0 aromatic rings. The summed E-state index contributed by atoms with van der Waals surface area (Å²) in [4.78, 5) is 11.0. The summed E-state index contributed by atoms with van der Waals surface area (Å²) in [5.41, 5.74) is 0. The van der Waals surface area contributed by atoms with Gasteiger partial charge in [-0.25, -0.2) is 9.10 Å². The van der Waals surface area contributed by atoms with Crippen LogP contribution in [0.5, 0.6) is 0 Å². The molecule has 0 saturated carbocycles. The molecule has 0 spiro atoms. The lowest BCUT2D eigenvalue weighted by Crippen LogP contribution is -2.35. The van der Waals surface area contributed by atoms with E-state index < -0.39 is 20.6 Å². The highest BCUT2D eigenvalue weighted by atomic mass is 35.7. The predicted octanol–water partition coefficient (Wildman–Crippen LogP) is 0.489. The lowest BCUT2D eigenvalue weighted by Gasteiger charge is -2.17. The van der Waals surface area contributed by atoms with Crippen LogP contribution in [-0.4, -0.2) is 31.2 Å². The smallest absolute Gasteiger partial charge is 0.340 e. The van der Waals surface area contributed by atoms with Crippen LogP contribution in [0.1, 0.15) is 0 Å². The van der Waals surface area contributed by atoms with Crippen LogP contribution in [0.25, 0.3) is 0 Å². The van der Waals surface area contributed by atoms with Crippen LogP contribution in [0.3, 0.4) is 0 Å². The minimum atomic E-state index is -3.91. The second kappa shape index (κ2) is 3.77. The van der Waals surface area contributed by atoms with E-state index in [1.165, 1.54) is 18.7 Å². The number of nitrogens with zero attached hydrogens (tertiary/aromatic N) is 1. The van der Waals surface area contributed by atoms with Crippen LogP contribution < -0.4 is 0 Å². The number of thioether (sulfide) groups is 1. The first-order valence-corrected chi connectivity index (χ1v) is 6.31. The van der Waals surface area contributed by atoms with Crippen LogP contribution in [0.15, 0.2) is 11.6 Å². The van der Waals surface area contributed by atoms with E-state index in [1.807, 2.05) is 0 Å². The Morgan fingerprint density at radius 2 is 2.31 bits per heavy atom. The van der Waals surface area contributed by atoms with Gasteiger partial charge in [-0.1, -0.05) is 11.8 Å². The van der Waals surface area contributed by atoms with Crippen molar-refractivity contribution in [3.8, 4) is 0 Å². The molecule has 1 unspecified atom stereocenters. The second-order valence-electron chi connectivity index (χ2n) is 2.07. The van der Waals surface area contributed by atoms with E-state index in [9.17, 15) is 13.2 Å². The quantitative estimate of drug-likeness (QED) is 0.522. The predicted molar refractivity (Wildman–Crippen MR) is 49.1 cm³/mol. The van der Waals surface area contributed by atoms with Crippen molar-refractivity contribution in [3.05, 3.63) is 11.6 Å². The number of hydrogen-bond acceptors (Lipinski definition) is 5. The number of esters is 1. The van der Waals surface area contributed by atoms with E-state index in [4.69, 9.17) is 10.7 Å². The van der Waals surface area contributed by atoms with Crippen molar-refractivity contribution >= 4 is 37.7 Å². The zero-order valence-corrected chi connectivity index (χ0v) is 8.90. The highest BCUT2D eigenvalue weighted by molar-refractivity contribution is 8.13. The zero-order chi connectivity index (χ0) is 10.1. The fraction of sp³-hybridized carbons (Fsp3) is 0.400. The lowest BCUT2D eigenvalue weighted by atomic mass is 10.6. The Balaban J connectivity index is 2.87. The maximum atomic E-state index is 11.0. The van der Waals surface area contributed by atoms with Gasteiger partial charge in [-0.2, -0.15) is 8.42 Å². The van der Waals surface area contributed by atoms with Crippen molar-refractivity contribution in [2.24, 2.45) is 0 Å². The molecular weight excluding hydrogens is 238 g/mol. The van der Waals surface area contributed by atoms with Crippen molar-refractivity contribution in [3.63, 3.8) is 0 Å². The number of halogens is 1. The van der Waals surface area contributed by atoms with Crippen molar-refractivity contribution in [2.45, 2.75) is 5.37 Å². The molecule has 0 aliphatic carbocycles. The summed E-state index contributed by atoms with van der Waals surface area (Å²) in [6.45, 7) is 0. The van der Waals surface area contributed by atoms with Crippen LogP contribution in [-0.2, 0) is 18.8 Å². The zero-order valence-electron chi connectivity index (χ0n) is 6.51. The molecule has 1 heterocycles. The minimum absolute atomic E-state index is 0.653. The van der Waals surface area contributed by atoms with Crippen LogP contribution in [0.2, 0.25) is 0 Å². The summed E-state index contributed by atoms with van der Waals surface area (Å²) in [5.74, 6) is -0.653. The fourth-order valence-corrected chi connectivity index (χ4v) is 3.11. The van der Waals surface area contributed by atoms with Gasteiger partial charge in [-0.05, 0) is 5.41 Å². The molecule has 0 radical (unpaired) electrons. The summed E-state index contributed by atoms with van der Waals surface area (Å²) in [7, 11) is 2.33. The number of ether oxygens (including phenoxy) is 1. The van der Waals surface area contributed by atoms with Gasteiger partial charge in [0.05, 0.1) is 7.11 Å². The molecule has 0 fully saturated rings. The Bertz CT molecular complexity index is 338. The van der Waals surface area contributed by atoms with Crippen LogP contribution in [0, 0.1) is 0 Å². The molecule has 1 aliphatic rings. The van der Waals surface area contributed by atoms with Crippen LogP contribution in [0.4, 0.5) is 0 Å². The number of methoxy groups -OCH3 is 1. The fourth-order valence-electron chi connectivity index (χ4n) is 0.755. The standard InChI is InChI=1S/C5H6ClNO4S2/c1-11-5(8)4-7(2-3-12-4)13(6,9)10/h2-4H,1H3. The molecule has 0 amide bonds. The maximum absolute atomic E-state index is 11.0. The largest absolute Gasteiger partial charge is 0.467 e. The van der Waals surface area contributed by atoms with Gasteiger partial charge < -0.3 is 4.74 Å². The number of rotatable bonds is 2. The van der Waals surface area contributed by atoms with Gasteiger partial charge in [-0.3, -0.25) is 0 Å². The average molecular weight is 244 g/mol.